The summed E-state index contributed by atoms with van der Waals surface area (Å²) in [7, 11) is 0. The molecule has 0 aliphatic carbocycles. The molecule has 0 saturated carbocycles. The largest absolute Gasteiger partial charge is 0.508 e. The zero-order valence-electron chi connectivity index (χ0n) is 13.1. The minimum Gasteiger partial charge on any atom is -0.508 e. The molecule has 2 nitrogen and oxygen atoms in total. The van der Waals surface area contributed by atoms with Gasteiger partial charge in [0.15, 0.2) is 0 Å². The summed E-state index contributed by atoms with van der Waals surface area (Å²) < 4.78 is 0. The molecular weight excluding hydrogens is 234 g/mol. The van der Waals surface area contributed by atoms with Crippen molar-refractivity contribution in [1.29, 1.82) is 0 Å². The van der Waals surface area contributed by atoms with Gasteiger partial charge in [-0.15, -0.1) is 0 Å². The van der Waals surface area contributed by atoms with E-state index < -0.39 is 0 Å². The maximum Gasteiger partial charge on any atom is 0.115 e. The Kier molecular flexibility index (Phi) is 5.42. The number of phenolic OH excluding ortho intramolecular Hbond substituents is 1. The van der Waals surface area contributed by atoms with Crippen LogP contribution < -0.4 is 5.32 Å². The number of nitrogens with one attached hydrogen (secondary N) is 1. The minimum absolute atomic E-state index is 0.147. The van der Waals surface area contributed by atoms with E-state index in [1.807, 2.05) is 12.1 Å². The van der Waals surface area contributed by atoms with E-state index in [-0.39, 0.29) is 11.0 Å². The Balaban J connectivity index is 2.81. The van der Waals surface area contributed by atoms with Crippen molar-refractivity contribution in [1.82, 2.24) is 5.32 Å². The average Bonchev–Trinajstić information content (AvgIpc) is 2.34. The number of phenols is 1. The third-order valence-electron chi connectivity index (χ3n) is 3.98. The van der Waals surface area contributed by atoms with E-state index in [2.05, 4.69) is 46.0 Å². The van der Waals surface area contributed by atoms with Gasteiger partial charge in [0.2, 0.25) is 0 Å². The molecule has 0 atom stereocenters. The van der Waals surface area contributed by atoms with Crippen LogP contribution in [0, 0.1) is 5.41 Å². The monoisotopic (exact) mass is 263 g/mol. The van der Waals surface area contributed by atoms with Crippen LogP contribution in [0.5, 0.6) is 5.75 Å². The molecule has 0 amide bonds. The van der Waals surface area contributed by atoms with Crippen molar-refractivity contribution in [3.05, 3.63) is 29.8 Å². The Morgan fingerprint density at radius 1 is 1.11 bits per heavy atom. The van der Waals surface area contributed by atoms with Crippen LogP contribution >= 0.6 is 0 Å². The first kappa shape index (κ1) is 16.0. The van der Waals surface area contributed by atoms with E-state index in [4.69, 9.17) is 0 Å². The number of aromatic hydroxyl groups is 1. The van der Waals surface area contributed by atoms with E-state index in [0.717, 1.165) is 25.8 Å². The summed E-state index contributed by atoms with van der Waals surface area (Å²) in [5, 5.41) is 13.2. The third kappa shape index (κ3) is 5.23. The lowest BCUT2D eigenvalue weighted by molar-refractivity contribution is 0.220. The SMILES string of the molecule is CCC(CC)(CNC(C)(C)C)Cc1cccc(O)c1. The van der Waals surface area contributed by atoms with Crippen LogP contribution in [-0.2, 0) is 6.42 Å². The molecule has 0 saturated heterocycles. The van der Waals surface area contributed by atoms with Crippen molar-refractivity contribution >= 4 is 0 Å². The fourth-order valence-corrected chi connectivity index (χ4v) is 2.36. The van der Waals surface area contributed by atoms with E-state index in [1.54, 1.807) is 6.07 Å². The molecule has 0 radical (unpaired) electrons. The van der Waals surface area contributed by atoms with E-state index in [9.17, 15) is 5.11 Å². The average molecular weight is 263 g/mol. The smallest absolute Gasteiger partial charge is 0.115 e. The molecular formula is C17H29NO. The van der Waals surface area contributed by atoms with E-state index in [0.29, 0.717) is 5.75 Å². The molecule has 0 unspecified atom stereocenters. The highest BCUT2D eigenvalue weighted by atomic mass is 16.3. The van der Waals surface area contributed by atoms with Gasteiger partial charge in [-0.1, -0.05) is 26.0 Å². The zero-order valence-corrected chi connectivity index (χ0v) is 13.1. The number of rotatable bonds is 6. The maximum absolute atomic E-state index is 9.60. The maximum atomic E-state index is 9.60. The topological polar surface area (TPSA) is 32.3 Å². The molecule has 2 N–H and O–H groups in total. The van der Waals surface area contributed by atoms with Gasteiger partial charge in [-0.2, -0.15) is 0 Å². The predicted molar refractivity (Wildman–Crippen MR) is 82.6 cm³/mol. The molecule has 2 heteroatoms. The minimum atomic E-state index is 0.147. The molecule has 1 aromatic carbocycles. The molecule has 1 aromatic rings. The Hall–Kier alpha value is -1.02. The van der Waals surface area contributed by atoms with Gasteiger partial charge in [0, 0.05) is 12.1 Å². The lowest BCUT2D eigenvalue weighted by Crippen LogP contribution is -2.44. The highest BCUT2D eigenvalue weighted by Crippen LogP contribution is 2.31. The Bertz CT molecular complexity index is 388. The van der Waals surface area contributed by atoms with Crippen LogP contribution in [0.1, 0.15) is 53.0 Å². The van der Waals surface area contributed by atoms with Crippen LogP contribution in [0.2, 0.25) is 0 Å². The van der Waals surface area contributed by atoms with Crippen LogP contribution in [0.15, 0.2) is 24.3 Å². The second-order valence-corrected chi connectivity index (χ2v) is 6.66. The molecule has 1 rings (SSSR count). The second kappa shape index (κ2) is 6.42. The van der Waals surface area contributed by atoms with E-state index in [1.165, 1.54) is 5.56 Å². The summed E-state index contributed by atoms with van der Waals surface area (Å²) in [5.74, 6) is 0.363. The van der Waals surface area contributed by atoms with Gasteiger partial charge in [0.05, 0.1) is 0 Å². The summed E-state index contributed by atoms with van der Waals surface area (Å²) in [6.07, 6.45) is 3.29. The Labute approximate surface area is 118 Å². The first-order valence-electron chi connectivity index (χ1n) is 7.33. The Morgan fingerprint density at radius 3 is 2.21 bits per heavy atom. The molecule has 0 aliphatic heterocycles. The number of hydrogen-bond donors (Lipinski definition) is 2. The molecule has 0 aromatic heterocycles. The van der Waals surface area contributed by atoms with Crippen LogP contribution in [-0.4, -0.2) is 17.2 Å². The van der Waals surface area contributed by atoms with Crippen molar-refractivity contribution < 1.29 is 5.11 Å². The van der Waals surface area contributed by atoms with Crippen molar-refractivity contribution in [2.24, 2.45) is 5.41 Å². The van der Waals surface area contributed by atoms with Gasteiger partial charge in [0.1, 0.15) is 5.75 Å². The van der Waals surface area contributed by atoms with Crippen LogP contribution in [0.25, 0.3) is 0 Å². The van der Waals surface area contributed by atoms with Crippen molar-refractivity contribution in [2.75, 3.05) is 6.54 Å². The van der Waals surface area contributed by atoms with Gasteiger partial charge in [-0.3, -0.25) is 0 Å². The second-order valence-electron chi connectivity index (χ2n) is 6.66. The summed E-state index contributed by atoms with van der Waals surface area (Å²) in [6, 6.07) is 7.66. The third-order valence-corrected chi connectivity index (χ3v) is 3.98. The fraction of sp³-hybridized carbons (Fsp3) is 0.647. The molecule has 108 valence electrons. The van der Waals surface area contributed by atoms with Crippen molar-refractivity contribution in [3.63, 3.8) is 0 Å². The van der Waals surface area contributed by atoms with Gasteiger partial charge in [0.25, 0.3) is 0 Å². The molecule has 0 heterocycles. The van der Waals surface area contributed by atoms with E-state index >= 15 is 0 Å². The first-order valence-corrected chi connectivity index (χ1v) is 7.33. The highest BCUT2D eigenvalue weighted by molar-refractivity contribution is 5.28. The Morgan fingerprint density at radius 2 is 1.74 bits per heavy atom. The molecule has 0 bridgehead atoms. The quantitative estimate of drug-likeness (QED) is 0.809. The normalized spacial score (nSPS) is 12.7. The number of hydrogen-bond acceptors (Lipinski definition) is 2. The molecule has 19 heavy (non-hydrogen) atoms. The van der Waals surface area contributed by atoms with Gasteiger partial charge < -0.3 is 10.4 Å². The van der Waals surface area contributed by atoms with Crippen LogP contribution in [0.3, 0.4) is 0 Å². The van der Waals surface area contributed by atoms with Gasteiger partial charge >= 0.3 is 0 Å². The summed E-state index contributed by atoms with van der Waals surface area (Å²) >= 11 is 0. The standard InChI is InChI=1S/C17H29NO/c1-6-17(7-2,13-18-16(3,4)5)12-14-9-8-10-15(19)11-14/h8-11,18-19H,6-7,12-13H2,1-5H3. The molecule has 0 aliphatic rings. The lowest BCUT2D eigenvalue weighted by Gasteiger charge is -2.35. The molecule has 0 fully saturated rings. The van der Waals surface area contributed by atoms with Crippen LogP contribution in [0.4, 0.5) is 0 Å². The van der Waals surface area contributed by atoms with Crippen molar-refractivity contribution in [2.45, 2.75) is 59.4 Å². The molecule has 0 spiro atoms. The lowest BCUT2D eigenvalue weighted by atomic mass is 9.76. The highest BCUT2D eigenvalue weighted by Gasteiger charge is 2.28. The summed E-state index contributed by atoms with van der Waals surface area (Å²) in [5.41, 5.74) is 1.63. The first-order chi connectivity index (χ1) is 8.80. The predicted octanol–water partition coefficient (Wildman–Crippen LogP) is 4.13. The zero-order chi connectivity index (χ0) is 14.5. The fourth-order valence-electron chi connectivity index (χ4n) is 2.36. The summed E-state index contributed by atoms with van der Waals surface area (Å²) in [4.78, 5) is 0. The summed E-state index contributed by atoms with van der Waals surface area (Å²) in [6.45, 7) is 12.2. The van der Waals surface area contributed by atoms with Crippen molar-refractivity contribution in [3.8, 4) is 5.75 Å². The number of benzene rings is 1. The van der Waals surface area contributed by atoms with Gasteiger partial charge in [-0.25, -0.2) is 0 Å². The van der Waals surface area contributed by atoms with Gasteiger partial charge in [-0.05, 0) is 63.1 Å².